The van der Waals surface area contributed by atoms with Crippen molar-refractivity contribution in [2.45, 2.75) is 20.0 Å². The van der Waals surface area contributed by atoms with Crippen LogP contribution in [0.5, 0.6) is 0 Å². The van der Waals surface area contributed by atoms with Crippen LogP contribution < -0.4 is 5.63 Å². The normalized spacial score (nSPS) is 10.9. The molecule has 0 atom stereocenters. The number of fused-ring (bicyclic) bond motifs is 1. The van der Waals surface area contributed by atoms with E-state index >= 15 is 0 Å². The summed E-state index contributed by atoms with van der Waals surface area (Å²) in [6, 6.07) is 10.1. The summed E-state index contributed by atoms with van der Waals surface area (Å²) in [7, 11) is 0. The van der Waals surface area contributed by atoms with Crippen molar-refractivity contribution in [1.82, 2.24) is 0 Å². The Balaban J connectivity index is 1.87. The van der Waals surface area contributed by atoms with E-state index in [-0.39, 0.29) is 12.4 Å². The van der Waals surface area contributed by atoms with Crippen LogP contribution in [-0.2, 0) is 17.8 Å². The molecule has 23 heavy (non-hydrogen) atoms. The van der Waals surface area contributed by atoms with Crippen molar-refractivity contribution in [3.8, 4) is 0 Å². The number of esters is 1. The maximum absolute atomic E-state index is 11.9. The lowest BCUT2D eigenvalue weighted by atomic mass is 10.1. The van der Waals surface area contributed by atoms with Crippen LogP contribution in [0.15, 0.2) is 54.7 Å². The zero-order valence-electron chi connectivity index (χ0n) is 12.3. The van der Waals surface area contributed by atoms with Crippen LogP contribution in [0.4, 0.5) is 0 Å². The lowest BCUT2D eigenvalue weighted by Gasteiger charge is -2.07. The van der Waals surface area contributed by atoms with Crippen LogP contribution in [0.25, 0.3) is 11.0 Å². The fraction of sp³-hybridized carbons (Fsp3) is 0.176. The zero-order valence-corrected chi connectivity index (χ0v) is 13.9. The summed E-state index contributed by atoms with van der Waals surface area (Å²) >= 11 is 3.12. The van der Waals surface area contributed by atoms with Crippen LogP contribution in [0, 0.1) is 0 Å². The van der Waals surface area contributed by atoms with E-state index in [1.165, 1.54) is 12.1 Å². The second kappa shape index (κ2) is 6.42. The van der Waals surface area contributed by atoms with Gasteiger partial charge in [0.05, 0.1) is 0 Å². The number of furan rings is 1. The van der Waals surface area contributed by atoms with Crippen molar-refractivity contribution in [2.24, 2.45) is 0 Å². The second-order valence-corrected chi connectivity index (χ2v) is 5.74. The topological polar surface area (TPSA) is 69.7 Å². The molecule has 0 N–H and O–H groups in total. The number of hydrogen-bond acceptors (Lipinski definition) is 5. The average Bonchev–Trinajstić information content (AvgIpc) is 2.98. The Labute approximate surface area is 140 Å². The van der Waals surface area contributed by atoms with Gasteiger partial charge in [0.1, 0.15) is 12.2 Å². The first-order valence-electron chi connectivity index (χ1n) is 7.05. The lowest BCUT2D eigenvalue weighted by molar-refractivity contribution is 0.0436. The van der Waals surface area contributed by atoms with Gasteiger partial charge in [-0.1, -0.05) is 19.1 Å². The number of rotatable bonds is 4. The van der Waals surface area contributed by atoms with E-state index in [0.717, 1.165) is 17.4 Å². The van der Waals surface area contributed by atoms with Gasteiger partial charge in [0, 0.05) is 17.0 Å². The predicted molar refractivity (Wildman–Crippen MR) is 87.4 cm³/mol. The van der Waals surface area contributed by atoms with Gasteiger partial charge in [0.2, 0.25) is 5.76 Å². The average molecular weight is 377 g/mol. The van der Waals surface area contributed by atoms with E-state index in [9.17, 15) is 9.59 Å². The standard InChI is InChI=1S/C17H13BrO5/c1-2-10-3-4-12-11(8-16(19)23-14(12)7-10)9-21-17(20)13-5-6-15(18)22-13/h3-8H,2,9H2,1H3. The molecule has 0 bridgehead atoms. The van der Waals surface area contributed by atoms with E-state index in [2.05, 4.69) is 15.9 Å². The minimum Gasteiger partial charge on any atom is -0.455 e. The third-order valence-electron chi connectivity index (χ3n) is 3.44. The molecule has 0 fully saturated rings. The summed E-state index contributed by atoms with van der Waals surface area (Å²) in [5.74, 6) is -0.500. The Morgan fingerprint density at radius 2 is 2.00 bits per heavy atom. The minimum atomic E-state index is -0.595. The van der Waals surface area contributed by atoms with Gasteiger partial charge in [0.25, 0.3) is 0 Å². The van der Waals surface area contributed by atoms with Crippen LogP contribution >= 0.6 is 15.9 Å². The van der Waals surface area contributed by atoms with Gasteiger partial charge in [-0.05, 0) is 46.1 Å². The molecular weight excluding hydrogens is 364 g/mol. The third kappa shape index (κ3) is 3.37. The molecule has 118 valence electrons. The first kappa shape index (κ1) is 15.6. The SMILES string of the molecule is CCc1ccc2c(COC(=O)c3ccc(Br)o3)cc(=O)oc2c1. The monoisotopic (exact) mass is 376 g/mol. The van der Waals surface area contributed by atoms with Crippen LogP contribution in [0.3, 0.4) is 0 Å². The summed E-state index contributed by atoms with van der Waals surface area (Å²) < 4.78 is 16.0. The molecule has 0 aliphatic carbocycles. The number of carbonyl (C=O) groups excluding carboxylic acids is 1. The highest BCUT2D eigenvalue weighted by Gasteiger charge is 2.14. The first-order valence-corrected chi connectivity index (χ1v) is 7.84. The number of benzene rings is 1. The van der Waals surface area contributed by atoms with E-state index in [1.54, 1.807) is 6.07 Å². The molecule has 0 amide bonds. The first-order chi connectivity index (χ1) is 11.1. The molecule has 2 aromatic heterocycles. The fourth-order valence-electron chi connectivity index (χ4n) is 2.25. The largest absolute Gasteiger partial charge is 0.455 e. The number of aryl methyl sites for hydroxylation is 1. The summed E-state index contributed by atoms with van der Waals surface area (Å²) in [5.41, 5.74) is 1.68. The van der Waals surface area contributed by atoms with Gasteiger partial charge in [-0.15, -0.1) is 0 Å². The molecule has 0 saturated heterocycles. The highest BCUT2D eigenvalue weighted by atomic mass is 79.9. The molecule has 3 aromatic rings. The van der Waals surface area contributed by atoms with Crippen LogP contribution in [0.2, 0.25) is 0 Å². The van der Waals surface area contributed by atoms with Crippen molar-refractivity contribution < 1.29 is 18.4 Å². The highest BCUT2D eigenvalue weighted by Crippen LogP contribution is 2.21. The Morgan fingerprint density at radius 1 is 1.17 bits per heavy atom. The fourth-order valence-corrected chi connectivity index (χ4v) is 2.56. The molecule has 0 saturated carbocycles. The van der Waals surface area contributed by atoms with Gasteiger partial charge >= 0.3 is 11.6 Å². The summed E-state index contributed by atoms with van der Waals surface area (Å²) in [6.45, 7) is 1.98. The molecule has 0 spiro atoms. The molecule has 2 heterocycles. The Bertz CT molecular complexity index is 922. The van der Waals surface area contributed by atoms with Gasteiger partial charge in [-0.25, -0.2) is 9.59 Å². The zero-order chi connectivity index (χ0) is 16.4. The van der Waals surface area contributed by atoms with Gasteiger partial charge < -0.3 is 13.6 Å². The number of hydrogen-bond donors (Lipinski definition) is 0. The third-order valence-corrected chi connectivity index (χ3v) is 3.86. The Morgan fingerprint density at radius 3 is 2.70 bits per heavy atom. The van der Waals surface area contributed by atoms with Crippen LogP contribution in [-0.4, -0.2) is 5.97 Å². The molecule has 0 aliphatic heterocycles. The Kier molecular flexibility index (Phi) is 4.34. The maximum atomic E-state index is 11.9. The molecule has 5 nitrogen and oxygen atoms in total. The molecule has 6 heteroatoms. The lowest BCUT2D eigenvalue weighted by Crippen LogP contribution is -2.07. The van der Waals surface area contributed by atoms with Crippen molar-refractivity contribution in [2.75, 3.05) is 0 Å². The van der Waals surface area contributed by atoms with Crippen molar-refractivity contribution >= 4 is 32.9 Å². The number of halogens is 1. The predicted octanol–water partition coefficient (Wildman–Crippen LogP) is 4.07. The molecule has 1 aromatic carbocycles. The van der Waals surface area contributed by atoms with Crippen molar-refractivity contribution in [1.29, 1.82) is 0 Å². The molecule has 0 radical (unpaired) electrons. The van der Waals surface area contributed by atoms with Gasteiger partial charge in [0.15, 0.2) is 4.67 Å². The molecular formula is C17H13BrO5. The van der Waals surface area contributed by atoms with Crippen molar-refractivity contribution in [3.05, 3.63) is 68.4 Å². The van der Waals surface area contributed by atoms with E-state index in [4.69, 9.17) is 13.6 Å². The van der Waals surface area contributed by atoms with E-state index in [1.807, 2.05) is 25.1 Å². The maximum Gasteiger partial charge on any atom is 0.374 e. The smallest absolute Gasteiger partial charge is 0.374 e. The quantitative estimate of drug-likeness (QED) is 0.507. The minimum absolute atomic E-state index is 0.0370. The van der Waals surface area contributed by atoms with Gasteiger partial charge in [-0.2, -0.15) is 0 Å². The van der Waals surface area contributed by atoms with Gasteiger partial charge in [-0.3, -0.25) is 0 Å². The van der Waals surface area contributed by atoms with Crippen LogP contribution in [0.1, 0.15) is 28.6 Å². The summed E-state index contributed by atoms with van der Waals surface area (Å²) in [5, 5.41) is 0.746. The molecule has 0 unspecified atom stereocenters. The summed E-state index contributed by atoms with van der Waals surface area (Å²) in [6.07, 6.45) is 0.840. The second-order valence-electron chi connectivity index (χ2n) is 4.95. The van der Waals surface area contributed by atoms with E-state index < -0.39 is 11.6 Å². The molecule has 3 rings (SSSR count). The van der Waals surface area contributed by atoms with Crippen molar-refractivity contribution in [3.63, 3.8) is 0 Å². The summed E-state index contributed by atoms with van der Waals surface area (Å²) in [4.78, 5) is 23.6. The number of ether oxygens (including phenoxy) is 1. The number of carbonyl (C=O) groups is 1. The highest BCUT2D eigenvalue weighted by molar-refractivity contribution is 9.10. The molecule has 0 aliphatic rings. The van der Waals surface area contributed by atoms with E-state index in [0.29, 0.717) is 15.8 Å². The Hall–Kier alpha value is -2.34.